The van der Waals surface area contributed by atoms with Gasteiger partial charge >= 0.3 is 5.97 Å². The van der Waals surface area contributed by atoms with Crippen molar-refractivity contribution < 1.29 is 23.4 Å². The lowest BCUT2D eigenvalue weighted by Crippen LogP contribution is -2.28. The zero-order valence-electron chi connectivity index (χ0n) is 22.8. The van der Waals surface area contributed by atoms with E-state index in [9.17, 15) is 9.18 Å². The number of ether oxygens (including phenoxy) is 3. The quantitative estimate of drug-likeness (QED) is 0.112. The maximum atomic E-state index is 13.2. The largest absolute Gasteiger partial charge is 0.491 e. The molecule has 0 aromatic heterocycles. The van der Waals surface area contributed by atoms with Crippen molar-refractivity contribution in [1.29, 1.82) is 0 Å². The van der Waals surface area contributed by atoms with Crippen LogP contribution in [-0.4, -0.2) is 25.8 Å². The van der Waals surface area contributed by atoms with Crippen molar-refractivity contribution in [2.45, 2.75) is 48.0 Å². The normalized spacial score (nSPS) is 11.4. The minimum atomic E-state index is -0.890. The Morgan fingerprint density at radius 3 is 1.85 bits per heavy atom. The van der Waals surface area contributed by atoms with E-state index < -0.39 is 11.6 Å². The van der Waals surface area contributed by atoms with Crippen LogP contribution in [0.3, 0.4) is 0 Å². The van der Waals surface area contributed by atoms with Gasteiger partial charge in [0.15, 0.2) is 14.7 Å². The summed E-state index contributed by atoms with van der Waals surface area (Å²) in [6.07, 6.45) is 0. The van der Waals surface area contributed by atoms with Crippen molar-refractivity contribution >= 4 is 16.9 Å². The van der Waals surface area contributed by atoms with Crippen LogP contribution in [0.15, 0.2) is 112 Å². The second-order valence-corrected chi connectivity index (χ2v) is 11.7. The fourth-order valence-corrected chi connectivity index (χ4v) is 6.62. The third-order valence-electron chi connectivity index (χ3n) is 6.23. The Balaban J connectivity index is 1.34. The number of hydrogen-bond donors (Lipinski definition) is 0. The maximum Gasteiger partial charge on any atom is 0.332 e. The van der Waals surface area contributed by atoms with Gasteiger partial charge in [-0.2, -0.15) is 0 Å². The molecule has 0 saturated carbocycles. The van der Waals surface area contributed by atoms with Crippen LogP contribution >= 0.6 is 0 Å². The molecule has 4 nitrogen and oxygen atoms in total. The molecule has 0 amide bonds. The van der Waals surface area contributed by atoms with Crippen molar-refractivity contribution in [3.8, 4) is 5.75 Å². The Kier molecular flexibility index (Phi) is 9.44. The van der Waals surface area contributed by atoms with Crippen molar-refractivity contribution in [1.82, 2.24) is 0 Å². The molecule has 0 spiro atoms. The minimum Gasteiger partial charge on any atom is -0.491 e. The summed E-state index contributed by atoms with van der Waals surface area (Å²) in [6, 6.07) is 31.4. The van der Waals surface area contributed by atoms with Gasteiger partial charge in [0, 0.05) is 12.1 Å². The standard InChI is InChI=1S/C33H34FO4S/c1-24-21-30(39(28-11-7-5-8-12-28)29-13-9-6-10-14-29)22-25(2)32(24)37-20-19-36-23-31(35)38-33(3,4)26-15-17-27(34)18-16-26/h5-18,21-22H,19-20,23H2,1-4H3/q+1. The number of halogens is 1. The molecule has 0 aliphatic heterocycles. The highest BCUT2D eigenvalue weighted by Crippen LogP contribution is 2.35. The van der Waals surface area contributed by atoms with E-state index in [1.165, 1.54) is 26.8 Å². The first-order valence-corrected chi connectivity index (χ1v) is 14.1. The predicted octanol–water partition coefficient (Wildman–Crippen LogP) is 7.41. The number of aryl methyl sites for hydroxylation is 2. The van der Waals surface area contributed by atoms with E-state index in [2.05, 4.69) is 74.5 Å². The van der Waals surface area contributed by atoms with Crippen molar-refractivity contribution in [2.24, 2.45) is 0 Å². The van der Waals surface area contributed by atoms with Gasteiger partial charge in [0.2, 0.25) is 0 Å². The van der Waals surface area contributed by atoms with Crippen LogP contribution in [0, 0.1) is 19.7 Å². The Hall–Kier alpha value is -3.61. The summed E-state index contributed by atoms with van der Waals surface area (Å²) in [5.74, 6) is -0.00103. The van der Waals surface area contributed by atoms with Gasteiger partial charge in [-0.15, -0.1) is 0 Å². The Bertz CT molecular complexity index is 1310. The zero-order valence-corrected chi connectivity index (χ0v) is 23.6. The molecule has 0 aliphatic carbocycles. The highest BCUT2D eigenvalue weighted by Gasteiger charge is 2.30. The summed E-state index contributed by atoms with van der Waals surface area (Å²) < 4.78 is 30.3. The molecule has 0 fully saturated rings. The molecule has 0 saturated heterocycles. The Labute approximate surface area is 233 Å². The summed E-state index contributed by atoms with van der Waals surface area (Å²) in [6.45, 7) is 7.98. The Morgan fingerprint density at radius 2 is 1.31 bits per heavy atom. The lowest BCUT2D eigenvalue weighted by molar-refractivity contribution is -0.163. The average molecular weight is 546 g/mol. The molecule has 0 unspecified atom stereocenters. The van der Waals surface area contributed by atoms with Crippen molar-refractivity contribution in [2.75, 3.05) is 19.8 Å². The molecule has 0 atom stereocenters. The summed E-state index contributed by atoms with van der Waals surface area (Å²) in [5, 5.41) is 0. The predicted molar refractivity (Wildman–Crippen MR) is 153 cm³/mol. The van der Waals surface area contributed by atoms with Crippen LogP contribution in [0.4, 0.5) is 4.39 Å². The number of benzene rings is 4. The van der Waals surface area contributed by atoms with E-state index in [4.69, 9.17) is 14.2 Å². The second kappa shape index (κ2) is 13.0. The number of carbonyl (C=O) groups excluding carboxylic acids is 1. The summed E-state index contributed by atoms with van der Waals surface area (Å²) in [4.78, 5) is 16.1. The van der Waals surface area contributed by atoms with Gasteiger partial charge in [-0.05, 0) is 80.8 Å². The van der Waals surface area contributed by atoms with Crippen molar-refractivity contribution in [3.63, 3.8) is 0 Å². The van der Waals surface area contributed by atoms with Crippen LogP contribution in [0.1, 0.15) is 30.5 Å². The molecule has 0 radical (unpaired) electrons. The SMILES string of the molecule is Cc1cc([S+](c2ccccc2)c2ccccc2)cc(C)c1OCCOCC(=O)OC(C)(C)c1ccc(F)cc1. The molecule has 6 heteroatoms. The molecule has 0 bridgehead atoms. The smallest absolute Gasteiger partial charge is 0.332 e. The van der Waals surface area contributed by atoms with E-state index in [0.717, 1.165) is 16.9 Å². The highest BCUT2D eigenvalue weighted by molar-refractivity contribution is 7.97. The summed E-state index contributed by atoms with van der Waals surface area (Å²) in [5.41, 5.74) is 1.92. The molecular weight excluding hydrogens is 511 g/mol. The minimum absolute atomic E-state index is 0.193. The molecule has 0 heterocycles. The molecule has 4 aromatic carbocycles. The molecule has 4 rings (SSSR count). The van der Waals surface area contributed by atoms with Crippen LogP contribution < -0.4 is 4.74 Å². The first-order chi connectivity index (χ1) is 18.7. The van der Waals surface area contributed by atoms with E-state index in [1.807, 2.05) is 12.1 Å². The Morgan fingerprint density at radius 1 is 0.769 bits per heavy atom. The number of carbonyl (C=O) groups is 1. The average Bonchev–Trinajstić information content (AvgIpc) is 2.91. The van der Waals surface area contributed by atoms with Gasteiger partial charge in [0.1, 0.15) is 30.4 Å². The van der Waals surface area contributed by atoms with E-state index in [1.54, 1.807) is 26.0 Å². The van der Waals surface area contributed by atoms with E-state index in [0.29, 0.717) is 12.2 Å². The van der Waals surface area contributed by atoms with Crippen LogP contribution in [0.2, 0.25) is 0 Å². The van der Waals surface area contributed by atoms with E-state index >= 15 is 0 Å². The maximum absolute atomic E-state index is 13.2. The first-order valence-electron chi connectivity index (χ1n) is 12.9. The van der Waals surface area contributed by atoms with Crippen molar-refractivity contribution in [3.05, 3.63) is 120 Å². The molecule has 0 aliphatic rings. The van der Waals surface area contributed by atoms with Gasteiger partial charge in [-0.25, -0.2) is 9.18 Å². The lowest BCUT2D eigenvalue weighted by atomic mass is 9.98. The molecule has 4 aromatic rings. The zero-order chi connectivity index (χ0) is 27.8. The summed E-state index contributed by atoms with van der Waals surface area (Å²) in [7, 11) is -0.231. The van der Waals surface area contributed by atoms with Crippen LogP contribution in [0.5, 0.6) is 5.75 Å². The summed E-state index contributed by atoms with van der Waals surface area (Å²) >= 11 is 0. The van der Waals surface area contributed by atoms with Gasteiger partial charge in [-0.1, -0.05) is 48.5 Å². The van der Waals surface area contributed by atoms with Gasteiger partial charge in [0.05, 0.1) is 17.5 Å². The third kappa shape index (κ3) is 7.49. The van der Waals surface area contributed by atoms with E-state index in [-0.39, 0.29) is 29.9 Å². The lowest BCUT2D eigenvalue weighted by Gasteiger charge is -2.25. The second-order valence-electron chi connectivity index (χ2n) is 9.71. The molecule has 202 valence electrons. The van der Waals surface area contributed by atoms with Gasteiger partial charge in [-0.3, -0.25) is 0 Å². The highest BCUT2D eigenvalue weighted by atomic mass is 32.2. The topological polar surface area (TPSA) is 44.8 Å². The molecule has 0 N–H and O–H groups in total. The molecular formula is C33H34FO4S+. The number of esters is 1. The monoisotopic (exact) mass is 545 g/mol. The fraction of sp³-hybridized carbons (Fsp3) is 0.242. The number of hydrogen-bond acceptors (Lipinski definition) is 4. The van der Waals surface area contributed by atoms with Gasteiger partial charge in [0.25, 0.3) is 0 Å². The fourth-order valence-electron chi connectivity index (χ4n) is 4.36. The van der Waals surface area contributed by atoms with Crippen LogP contribution in [-0.2, 0) is 30.8 Å². The third-order valence-corrected chi connectivity index (χ3v) is 8.42. The number of rotatable bonds is 11. The van der Waals surface area contributed by atoms with Gasteiger partial charge < -0.3 is 14.2 Å². The molecule has 39 heavy (non-hydrogen) atoms. The van der Waals surface area contributed by atoms with Crippen LogP contribution in [0.25, 0.3) is 0 Å². The first kappa shape index (κ1) is 28.4.